The fourth-order valence-electron chi connectivity index (χ4n) is 2.24. The molecule has 4 aromatic rings. The van der Waals surface area contributed by atoms with Gasteiger partial charge in [-0.05, 0) is 47.9 Å². The molecule has 142 valence electrons. The Morgan fingerprint density at radius 1 is 1.11 bits per heavy atom. The van der Waals surface area contributed by atoms with Crippen LogP contribution in [0, 0.1) is 5.82 Å². The molecule has 0 fully saturated rings. The summed E-state index contributed by atoms with van der Waals surface area (Å²) < 4.78 is 18.5. The summed E-state index contributed by atoms with van der Waals surface area (Å²) >= 11 is 4.73. The number of thioether (sulfide) groups is 1. The zero-order chi connectivity index (χ0) is 19.2. The molecule has 0 spiro atoms. The van der Waals surface area contributed by atoms with Crippen LogP contribution in [-0.2, 0) is 12.4 Å². The van der Waals surface area contributed by atoms with E-state index in [0.29, 0.717) is 23.3 Å². The molecule has 0 unspecified atom stereocenters. The van der Waals surface area contributed by atoms with Gasteiger partial charge in [-0.1, -0.05) is 17.8 Å². The smallest absolute Gasteiger partial charge is 0.209 e. The second-order valence-electron chi connectivity index (χ2n) is 5.62. The number of H-pyrrole nitrogens is 1. The Morgan fingerprint density at radius 3 is 2.82 bits per heavy atom. The standard InChI is InChI=1S/C19H15FN4OS3/c20-13-3-5-15(6-4-13)25-10-18-21-14(11-27-18)12-28-19-22-17(23-24-19)8-7-16-2-1-9-26-16/h1-9,11H,10,12H2,(H,22,23,24). The van der Waals surface area contributed by atoms with Crippen LogP contribution in [0.15, 0.2) is 52.3 Å². The summed E-state index contributed by atoms with van der Waals surface area (Å²) in [5.74, 6) is 1.75. The Bertz CT molecular complexity index is 1040. The normalized spacial score (nSPS) is 11.3. The second kappa shape index (κ2) is 9.13. The molecule has 0 aliphatic rings. The first-order valence-corrected chi connectivity index (χ1v) is 11.1. The highest BCUT2D eigenvalue weighted by Crippen LogP contribution is 2.22. The van der Waals surface area contributed by atoms with Crippen molar-refractivity contribution >= 4 is 46.6 Å². The number of aromatic nitrogens is 4. The number of nitrogens with one attached hydrogen (secondary N) is 1. The summed E-state index contributed by atoms with van der Waals surface area (Å²) in [7, 11) is 0. The molecule has 0 bridgehead atoms. The third-order valence-electron chi connectivity index (χ3n) is 3.56. The monoisotopic (exact) mass is 430 g/mol. The number of nitrogens with zero attached hydrogens (tertiary/aromatic N) is 3. The molecule has 9 heteroatoms. The van der Waals surface area contributed by atoms with E-state index in [1.807, 2.05) is 35.0 Å². The Morgan fingerprint density at radius 2 is 2.00 bits per heavy atom. The summed E-state index contributed by atoms with van der Waals surface area (Å²) in [6, 6.07) is 10.0. The van der Waals surface area contributed by atoms with Crippen molar-refractivity contribution in [1.29, 1.82) is 0 Å². The molecule has 0 aliphatic carbocycles. The van der Waals surface area contributed by atoms with Gasteiger partial charge >= 0.3 is 0 Å². The Kier molecular flexibility index (Phi) is 6.15. The second-order valence-corrected chi connectivity index (χ2v) is 8.48. The average molecular weight is 431 g/mol. The Balaban J connectivity index is 1.27. The van der Waals surface area contributed by atoms with Crippen molar-refractivity contribution in [2.24, 2.45) is 0 Å². The van der Waals surface area contributed by atoms with E-state index in [9.17, 15) is 4.39 Å². The number of halogens is 1. The van der Waals surface area contributed by atoms with Crippen molar-refractivity contribution in [3.63, 3.8) is 0 Å². The molecule has 1 aromatic carbocycles. The predicted molar refractivity (Wildman–Crippen MR) is 112 cm³/mol. The van der Waals surface area contributed by atoms with Crippen LogP contribution in [0.25, 0.3) is 12.2 Å². The first-order chi connectivity index (χ1) is 13.7. The van der Waals surface area contributed by atoms with Gasteiger partial charge in [-0.15, -0.1) is 27.8 Å². The topological polar surface area (TPSA) is 63.7 Å². The third kappa shape index (κ3) is 5.28. The van der Waals surface area contributed by atoms with Crippen molar-refractivity contribution < 1.29 is 9.13 Å². The number of rotatable bonds is 8. The molecule has 1 N–H and O–H groups in total. The summed E-state index contributed by atoms with van der Waals surface area (Å²) in [6.45, 7) is 0.360. The quantitative estimate of drug-likeness (QED) is 0.374. The van der Waals surface area contributed by atoms with Gasteiger partial charge in [0.05, 0.1) is 5.69 Å². The predicted octanol–water partition coefficient (Wildman–Crippen LogP) is 5.50. The number of ether oxygens (including phenoxy) is 1. The van der Waals surface area contributed by atoms with E-state index in [-0.39, 0.29) is 5.82 Å². The molecule has 5 nitrogen and oxygen atoms in total. The van der Waals surface area contributed by atoms with Crippen LogP contribution in [0.2, 0.25) is 0 Å². The highest BCUT2D eigenvalue weighted by molar-refractivity contribution is 7.98. The number of thiazole rings is 1. The van der Waals surface area contributed by atoms with Gasteiger partial charge < -0.3 is 4.74 Å². The molecule has 3 aromatic heterocycles. The molecule has 4 rings (SSSR count). The van der Waals surface area contributed by atoms with Crippen molar-refractivity contribution in [1.82, 2.24) is 20.2 Å². The fourth-order valence-corrected chi connectivity index (χ4v) is 4.37. The Hall–Kier alpha value is -2.49. The molecule has 28 heavy (non-hydrogen) atoms. The van der Waals surface area contributed by atoms with Crippen LogP contribution < -0.4 is 4.74 Å². The van der Waals surface area contributed by atoms with E-state index in [0.717, 1.165) is 16.5 Å². The largest absolute Gasteiger partial charge is 0.486 e. The van der Waals surface area contributed by atoms with Gasteiger partial charge in [-0.3, -0.25) is 5.10 Å². The number of hydrogen-bond acceptors (Lipinski definition) is 7. The van der Waals surface area contributed by atoms with Crippen LogP contribution in [0.4, 0.5) is 4.39 Å². The van der Waals surface area contributed by atoms with Crippen molar-refractivity contribution in [2.75, 3.05) is 0 Å². The lowest BCUT2D eigenvalue weighted by Gasteiger charge is -2.03. The lowest BCUT2D eigenvalue weighted by Crippen LogP contribution is -1.95. The molecule has 0 radical (unpaired) electrons. The molecule has 0 aliphatic heterocycles. The Labute approximate surface area is 173 Å². The van der Waals surface area contributed by atoms with Crippen LogP contribution in [0.5, 0.6) is 5.75 Å². The molecule has 3 heterocycles. The van der Waals surface area contributed by atoms with Gasteiger partial charge in [0.2, 0.25) is 5.16 Å². The van der Waals surface area contributed by atoms with Crippen LogP contribution in [0.3, 0.4) is 0 Å². The summed E-state index contributed by atoms with van der Waals surface area (Å²) in [5, 5.41) is 12.7. The van der Waals surface area contributed by atoms with Gasteiger partial charge in [0.1, 0.15) is 29.0 Å². The first kappa shape index (κ1) is 18.9. The molecule has 0 atom stereocenters. The minimum Gasteiger partial charge on any atom is -0.486 e. The minimum absolute atomic E-state index is 0.280. The van der Waals surface area contributed by atoms with Gasteiger partial charge in [-0.2, -0.15) is 0 Å². The summed E-state index contributed by atoms with van der Waals surface area (Å²) in [5.41, 5.74) is 0.952. The summed E-state index contributed by atoms with van der Waals surface area (Å²) in [4.78, 5) is 10.2. The molecular formula is C19H15FN4OS3. The zero-order valence-electron chi connectivity index (χ0n) is 14.5. The molecule has 0 saturated carbocycles. The van der Waals surface area contributed by atoms with Gasteiger partial charge in [-0.25, -0.2) is 14.4 Å². The number of thiophene rings is 1. The number of hydrogen-bond donors (Lipinski definition) is 1. The first-order valence-electron chi connectivity index (χ1n) is 8.33. The van der Waals surface area contributed by atoms with E-state index in [4.69, 9.17) is 4.74 Å². The van der Waals surface area contributed by atoms with Gasteiger partial charge in [0.25, 0.3) is 0 Å². The van der Waals surface area contributed by atoms with Gasteiger partial charge in [0, 0.05) is 16.0 Å². The van der Waals surface area contributed by atoms with Crippen LogP contribution >= 0.6 is 34.4 Å². The van der Waals surface area contributed by atoms with E-state index < -0.39 is 0 Å². The minimum atomic E-state index is -0.280. The molecular weight excluding hydrogens is 415 g/mol. The highest BCUT2D eigenvalue weighted by atomic mass is 32.2. The van der Waals surface area contributed by atoms with Gasteiger partial charge in [0.15, 0.2) is 0 Å². The number of benzene rings is 1. The van der Waals surface area contributed by atoms with Crippen LogP contribution in [-0.4, -0.2) is 20.2 Å². The van der Waals surface area contributed by atoms with Crippen molar-refractivity contribution in [2.45, 2.75) is 17.5 Å². The fraction of sp³-hybridized carbons (Fsp3) is 0.105. The number of aromatic amines is 1. The van der Waals surface area contributed by atoms with E-state index >= 15 is 0 Å². The van der Waals surface area contributed by atoms with Crippen LogP contribution in [0.1, 0.15) is 21.4 Å². The maximum atomic E-state index is 12.9. The summed E-state index contributed by atoms with van der Waals surface area (Å²) in [6.07, 6.45) is 3.92. The lowest BCUT2D eigenvalue weighted by molar-refractivity contribution is 0.305. The van der Waals surface area contributed by atoms with E-state index in [1.165, 1.54) is 40.1 Å². The van der Waals surface area contributed by atoms with Crippen molar-refractivity contribution in [3.05, 3.63) is 74.4 Å². The van der Waals surface area contributed by atoms with Crippen molar-refractivity contribution in [3.8, 4) is 5.75 Å². The zero-order valence-corrected chi connectivity index (χ0v) is 17.0. The maximum absolute atomic E-state index is 12.9. The third-order valence-corrected chi connectivity index (χ3v) is 6.14. The van der Waals surface area contributed by atoms with E-state index in [1.54, 1.807) is 23.5 Å². The molecule has 0 amide bonds. The molecule has 0 saturated heterocycles. The SMILES string of the molecule is Fc1ccc(OCc2nc(CSc3n[nH]c(C=Cc4cccs4)n3)cs2)cc1. The highest BCUT2D eigenvalue weighted by Gasteiger charge is 2.07. The lowest BCUT2D eigenvalue weighted by atomic mass is 10.3. The van der Waals surface area contributed by atoms with E-state index in [2.05, 4.69) is 20.2 Å². The maximum Gasteiger partial charge on any atom is 0.209 e. The average Bonchev–Trinajstić information content (AvgIpc) is 3.46.